The number of morpholine rings is 1. The minimum atomic E-state index is -0.0321. The molecule has 1 unspecified atom stereocenters. The molecule has 1 spiro atoms. The molecule has 1 aliphatic carbocycles. The van der Waals surface area contributed by atoms with Crippen molar-refractivity contribution in [2.24, 2.45) is 4.99 Å². The molecule has 176 valence electrons. The Kier molecular flexibility index (Phi) is 6.83. The molecule has 0 radical (unpaired) electrons. The van der Waals surface area contributed by atoms with Gasteiger partial charge in [-0.3, -0.25) is 9.89 Å². The van der Waals surface area contributed by atoms with E-state index in [1.807, 2.05) is 7.05 Å². The molecule has 6 heteroatoms. The maximum Gasteiger partial charge on any atom is 0.191 e. The molecule has 2 aliphatic heterocycles. The van der Waals surface area contributed by atoms with Gasteiger partial charge in [-0.2, -0.15) is 0 Å². The van der Waals surface area contributed by atoms with Gasteiger partial charge in [0, 0.05) is 45.2 Å². The number of hydrogen-bond donors (Lipinski definition) is 2. The monoisotopic (exact) mass is 448 g/mol. The molecule has 0 bridgehead atoms. The van der Waals surface area contributed by atoms with E-state index in [0.717, 1.165) is 70.4 Å². The lowest BCUT2D eigenvalue weighted by Crippen LogP contribution is -2.46. The van der Waals surface area contributed by atoms with E-state index in [0.29, 0.717) is 0 Å². The lowest BCUT2D eigenvalue weighted by atomic mass is 9.86. The van der Waals surface area contributed by atoms with Crippen molar-refractivity contribution in [2.75, 3.05) is 33.4 Å². The fourth-order valence-electron chi connectivity index (χ4n) is 5.50. The summed E-state index contributed by atoms with van der Waals surface area (Å²) >= 11 is 0. The van der Waals surface area contributed by atoms with Crippen molar-refractivity contribution in [3.63, 3.8) is 0 Å². The largest absolute Gasteiger partial charge is 0.487 e. The third-order valence-electron chi connectivity index (χ3n) is 7.31. The van der Waals surface area contributed by atoms with E-state index >= 15 is 0 Å². The molecule has 1 saturated carbocycles. The lowest BCUT2D eigenvalue weighted by molar-refractivity contribution is 0.0341. The van der Waals surface area contributed by atoms with E-state index in [9.17, 15) is 0 Å². The zero-order chi connectivity index (χ0) is 22.5. The quantitative estimate of drug-likeness (QED) is 0.535. The Morgan fingerprint density at radius 1 is 1.03 bits per heavy atom. The van der Waals surface area contributed by atoms with Gasteiger partial charge in [-0.1, -0.05) is 42.5 Å². The zero-order valence-corrected chi connectivity index (χ0v) is 19.7. The molecule has 2 fully saturated rings. The molecule has 2 aromatic carbocycles. The molecule has 2 aromatic rings. The van der Waals surface area contributed by atoms with Gasteiger partial charge in [0.1, 0.15) is 11.4 Å². The lowest BCUT2D eigenvalue weighted by Gasteiger charge is -2.40. The minimum absolute atomic E-state index is 0.0321. The predicted octanol–water partition coefficient (Wildman–Crippen LogP) is 4.02. The van der Waals surface area contributed by atoms with E-state index in [-0.39, 0.29) is 11.6 Å². The molecule has 2 N–H and O–H groups in total. The molecule has 1 saturated heterocycles. The van der Waals surface area contributed by atoms with Gasteiger partial charge in [-0.25, -0.2) is 0 Å². The van der Waals surface area contributed by atoms with Crippen molar-refractivity contribution in [3.8, 4) is 5.75 Å². The summed E-state index contributed by atoms with van der Waals surface area (Å²) in [6, 6.07) is 17.4. The third kappa shape index (κ3) is 5.17. The highest BCUT2D eigenvalue weighted by Gasteiger charge is 2.43. The average molecular weight is 449 g/mol. The number of fused-ring (bicyclic) bond motifs is 1. The number of nitrogens with one attached hydrogen (secondary N) is 2. The van der Waals surface area contributed by atoms with E-state index in [1.165, 1.54) is 29.5 Å². The second-order valence-corrected chi connectivity index (χ2v) is 9.51. The van der Waals surface area contributed by atoms with Crippen molar-refractivity contribution in [1.82, 2.24) is 15.5 Å². The standard InChI is InChI=1S/C27H36N4O2/c1-28-26(29-19-21-8-2-3-9-22(21)20-31-14-16-32-17-15-31)30-24-18-27(12-6-7-13-27)33-25-11-5-4-10-23(24)25/h2-5,8-11,24H,6-7,12-20H2,1H3,(H2,28,29,30). The SMILES string of the molecule is CN=C(NCc1ccccc1CN1CCOCC1)NC1CC2(CCCC2)Oc2ccccc21. The molecule has 1 atom stereocenters. The Morgan fingerprint density at radius 2 is 1.76 bits per heavy atom. The summed E-state index contributed by atoms with van der Waals surface area (Å²) in [5.74, 6) is 1.86. The Hall–Kier alpha value is -2.57. The van der Waals surface area contributed by atoms with Crippen LogP contribution in [-0.2, 0) is 17.8 Å². The molecule has 33 heavy (non-hydrogen) atoms. The maximum atomic E-state index is 6.53. The molecular weight excluding hydrogens is 412 g/mol. The summed E-state index contributed by atoms with van der Waals surface area (Å²) in [6.45, 7) is 5.35. The predicted molar refractivity (Wildman–Crippen MR) is 131 cm³/mol. The number of aliphatic imine (C=N–C) groups is 1. The van der Waals surface area contributed by atoms with Crippen LogP contribution in [0.15, 0.2) is 53.5 Å². The first-order valence-corrected chi connectivity index (χ1v) is 12.4. The smallest absolute Gasteiger partial charge is 0.191 e. The number of nitrogens with zero attached hydrogens (tertiary/aromatic N) is 2. The summed E-state index contributed by atoms with van der Waals surface area (Å²) in [7, 11) is 1.85. The first-order valence-electron chi connectivity index (χ1n) is 12.4. The number of benzene rings is 2. The second-order valence-electron chi connectivity index (χ2n) is 9.51. The Balaban J connectivity index is 1.26. The van der Waals surface area contributed by atoms with Gasteiger partial charge in [0.05, 0.1) is 19.3 Å². The molecule has 2 heterocycles. The number of para-hydroxylation sites is 1. The van der Waals surface area contributed by atoms with E-state index in [1.54, 1.807) is 0 Å². The Morgan fingerprint density at radius 3 is 2.55 bits per heavy atom. The highest BCUT2D eigenvalue weighted by atomic mass is 16.5. The van der Waals surface area contributed by atoms with Gasteiger partial charge in [-0.05, 0) is 42.9 Å². The van der Waals surface area contributed by atoms with Crippen LogP contribution in [0.4, 0.5) is 0 Å². The van der Waals surface area contributed by atoms with E-state index < -0.39 is 0 Å². The van der Waals surface area contributed by atoms with Gasteiger partial charge in [0.2, 0.25) is 0 Å². The van der Waals surface area contributed by atoms with Crippen LogP contribution in [0.25, 0.3) is 0 Å². The van der Waals surface area contributed by atoms with Gasteiger partial charge in [-0.15, -0.1) is 0 Å². The maximum absolute atomic E-state index is 6.53. The Bertz CT molecular complexity index is 964. The molecule has 6 nitrogen and oxygen atoms in total. The molecule has 3 aliphatic rings. The van der Waals surface area contributed by atoms with Crippen LogP contribution in [0.3, 0.4) is 0 Å². The fourth-order valence-corrected chi connectivity index (χ4v) is 5.50. The van der Waals surface area contributed by atoms with Crippen LogP contribution in [-0.4, -0.2) is 49.8 Å². The topological polar surface area (TPSA) is 58.1 Å². The average Bonchev–Trinajstić information content (AvgIpc) is 3.30. The summed E-state index contributed by atoms with van der Waals surface area (Å²) < 4.78 is 12.0. The van der Waals surface area contributed by atoms with Crippen molar-refractivity contribution < 1.29 is 9.47 Å². The molecule has 0 amide bonds. The third-order valence-corrected chi connectivity index (χ3v) is 7.31. The second kappa shape index (κ2) is 10.1. The van der Waals surface area contributed by atoms with Crippen molar-refractivity contribution in [3.05, 3.63) is 65.2 Å². The summed E-state index contributed by atoms with van der Waals surface area (Å²) in [6.07, 6.45) is 5.77. The van der Waals surface area contributed by atoms with Gasteiger partial charge in [0.15, 0.2) is 5.96 Å². The van der Waals surface area contributed by atoms with Crippen LogP contribution < -0.4 is 15.4 Å². The molecular formula is C27H36N4O2. The Labute approximate surface area is 197 Å². The fraction of sp³-hybridized carbons (Fsp3) is 0.519. The summed E-state index contributed by atoms with van der Waals surface area (Å²) in [4.78, 5) is 7.02. The van der Waals surface area contributed by atoms with Crippen LogP contribution >= 0.6 is 0 Å². The number of guanidine groups is 1. The van der Waals surface area contributed by atoms with Crippen LogP contribution in [0.2, 0.25) is 0 Å². The normalized spacial score (nSPS) is 22.6. The van der Waals surface area contributed by atoms with Gasteiger partial charge >= 0.3 is 0 Å². The number of rotatable bonds is 5. The summed E-state index contributed by atoms with van der Waals surface area (Å²) in [5.41, 5.74) is 3.87. The summed E-state index contributed by atoms with van der Waals surface area (Å²) in [5, 5.41) is 7.29. The van der Waals surface area contributed by atoms with Crippen molar-refractivity contribution in [1.29, 1.82) is 0 Å². The van der Waals surface area contributed by atoms with E-state index in [4.69, 9.17) is 9.47 Å². The van der Waals surface area contributed by atoms with Gasteiger partial charge in [0.25, 0.3) is 0 Å². The minimum Gasteiger partial charge on any atom is -0.487 e. The molecule has 0 aromatic heterocycles. The highest BCUT2D eigenvalue weighted by Crippen LogP contribution is 2.46. The van der Waals surface area contributed by atoms with Crippen LogP contribution in [0.5, 0.6) is 5.75 Å². The van der Waals surface area contributed by atoms with Crippen LogP contribution in [0, 0.1) is 0 Å². The van der Waals surface area contributed by atoms with Gasteiger partial charge < -0.3 is 20.1 Å². The van der Waals surface area contributed by atoms with Crippen molar-refractivity contribution >= 4 is 5.96 Å². The first kappa shape index (κ1) is 22.2. The van der Waals surface area contributed by atoms with Crippen molar-refractivity contribution in [2.45, 2.75) is 56.8 Å². The first-order chi connectivity index (χ1) is 16.2. The molecule has 5 rings (SSSR count). The zero-order valence-electron chi connectivity index (χ0n) is 19.7. The van der Waals surface area contributed by atoms with Crippen LogP contribution in [0.1, 0.15) is 54.8 Å². The highest BCUT2D eigenvalue weighted by molar-refractivity contribution is 5.80. The van der Waals surface area contributed by atoms with E-state index in [2.05, 4.69) is 69.1 Å². The number of hydrogen-bond acceptors (Lipinski definition) is 4. The number of ether oxygens (including phenoxy) is 2.